The molecular formula is C25H31N7O3. The van der Waals surface area contributed by atoms with Gasteiger partial charge < -0.3 is 26.0 Å². The largest absolute Gasteiger partial charge is 0.465 e. The zero-order chi connectivity index (χ0) is 24.9. The smallest absolute Gasteiger partial charge is 0.407 e. The number of aromatic nitrogens is 2. The van der Waals surface area contributed by atoms with Crippen molar-refractivity contribution in [2.75, 3.05) is 32.0 Å². The second-order valence-electron chi connectivity index (χ2n) is 8.85. The van der Waals surface area contributed by atoms with Crippen molar-refractivity contribution in [2.45, 2.75) is 31.7 Å². The van der Waals surface area contributed by atoms with Crippen LogP contribution in [0.5, 0.6) is 0 Å². The summed E-state index contributed by atoms with van der Waals surface area (Å²) in [5.41, 5.74) is 9.65. The number of nitrogens with two attached hydrogens (primary N) is 1. The monoisotopic (exact) mass is 477 g/mol. The van der Waals surface area contributed by atoms with Crippen LogP contribution in [0.25, 0.3) is 11.0 Å². The Morgan fingerprint density at radius 3 is 2.60 bits per heavy atom. The fourth-order valence-electron chi connectivity index (χ4n) is 4.34. The molecule has 0 bridgehead atoms. The van der Waals surface area contributed by atoms with Crippen molar-refractivity contribution < 1.29 is 14.7 Å². The van der Waals surface area contributed by atoms with E-state index >= 15 is 0 Å². The van der Waals surface area contributed by atoms with E-state index in [2.05, 4.69) is 15.3 Å². The van der Waals surface area contributed by atoms with Crippen molar-refractivity contribution >= 4 is 34.6 Å². The highest BCUT2D eigenvalue weighted by molar-refractivity contribution is 5.95. The van der Waals surface area contributed by atoms with Crippen LogP contribution in [0.1, 0.15) is 29.8 Å². The van der Waals surface area contributed by atoms with E-state index in [4.69, 9.17) is 11.1 Å². The summed E-state index contributed by atoms with van der Waals surface area (Å²) in [6.07, 6.45) is 1.77. The Bertz CT molecular complexity index is 1220. The Balaban J connectivity index is 1.41. The van der Waals surface area contributed by atoms with Crippen molar-refractivity contribution in [2.24, 2.45) is 5.73 Å². The molecule has 1 saturated heterocycles. The van der Waals surface area contributed by atoms with Gasteiger partial charge in [-0.1, -0.05) is 6.07 Å². The van der Waals surface area contributed by atoms with Crippen LogP contribution in [-0.4, -0.2) is 75.4 Å². The molecule has 10 nitrogen and oxygen atoms in total. The molecule has 2 aromatic carbocycles. The number of amidine groups is 1. The lowest BCUT2D eigenvalue weighted by Crippen LogP contribution is -2.49. The zero-order valence-electron chi connectivity index (χ0n) is 19.8. The van der Waals surface area contributed by atoms with E-state index in [-0.39, 0.29) is 11.7 Å². The molecule has 1 fully saturated rings. The van der Waals surface area contributed by atoms with E-state index in [1.54, 1.807) is 17.0 Å². The van der Waals surface area contributed by atoms with E-state index in [1.165, 1.54) is 7.05 Å². The van der Waals surface area contributed by atoms with Gasteiger partial charge in [-0.05, 0) is 54.8 Å². The van der Waals surface area contributed by atoms with Gasteiger partial charge in [-0.25, -0.2) is 9.78 Å². The number of fused-ring (bicyclic) bond motifs is 1. The maximum atomic E-state index is 13.0. The summed E-state index contributed by atoms with van der Waals surface area (Å²) >= 11 is 0. The van der Waals surface area contributed by atoms with Gasteiger partial charge in [0.05, 0.1) is 11.0 Å². The summed E-state index contributed by atoms with van der Waals surface area (Å²) in [6, 6.07) is 12.4. The van der Waals surface area contributed by atoms with Gasteiger partial charge in [0.15, 0.2) is 0 Å². The number of rotatable bonds is 9. The molecule has 0 saturated carbocycles. The summed E-state index contributed by atoms with van der Waals surface area (Å²) in [6.45, 7) is 2.03. The summed E-state index contributed by atoms with van der Waals surface area (Å²) in [5, 5.41) is 20.3. The fourth-order valence-corrected chi connectivity index (χ4v) is 4.34. The number of aromatic amines is 1. The molecule has 1 aliphatic rings. The van der Waals surface area contributed by atoms with Crippen molar-refractivity contribution in [3.63, 3.8) is 0 Å². The van der Waals surface area contributed by atoms with Gasteiger partial charge in [0.2, 0.25) is 5.91 Å². The number of hydrogen-bond acceptors (Lipinski definition) is 5. The SMILES string of the molecule is CN(C(=O)O)C(Cc1ccc2[nH]c(CCNc3ccc(C(=N)N)cc3)nc2c1)C(=O)N1CCCC1. The Morgan fingerprint density at radius 1 is 1.23 bits per heavy atom. The summed E-state index contributed by atoms with van der Waals surface area (Å²) in [5.74, 6) is 0.731. The number of benzene rings is 2. The van der Waals surface area contributed by atoms with Gasteiger partial charge in [-0.15, -0.1) is 0 Å². The maximum Gasteiger partial charge on any atom is 0.407 e. The molecule has 6 N–H and O–H groups in total. The third kappa shape index (κ3) is 5.71. The average Bonchev–Trinajstić information content (AvgIpc) is 3.51. The quantitative estimate of drug-likeness (QED) is 0.236. The summed E-state index contributed by atoms with van der Waals surface area (Å²) < 4.78 is 0. The Morgan fingerprint density at radius 2 is 1.94 bits per heavy atom. The number of amides is 2. The minimum absolute atomic E-state index is 0.0412. The number of H-pyrrole nitrogens is 1. The fraction of sp³-hybridized carbons (Fsp3) is 0.360. The lowest BCUT2D eigenvalue weighted by atomic mass is 10.0. The zero-order valence-corrected chi connectivity index (χ0v) is 19.8. The van der Waals surface area contributed by atoms with Crippen molar-refractivity contribution in [1.82, 2.24) is 19.8 Å². The lowest BCUT2D eigenvalue weighted by Gasteiger charge is -2.29. The van der Waals surface area contributed by atoms with Crippen LogP contribution in [-0.2, 0) is 17.6 Å². The van der Waals surface area contributed by atoms with E-state index in [9.17, 15) is 14.7 Å². The molecule has 1 atom stereocenters. The predicted molar refractivity (Wildman–Crippen MR) is 135 cm³/mol. The molecule has 0 aliphatic carbocycles. The molecular weight excluding hydrogens is 446 g/mol. The van der Waals surface area contributed by atoms with Gasteiger partial charge in [0.1, 0.15) is 17.7 Å². The molecule has 35 heavy (non-hydrogen) atoms. The summed E-state index contributed by atoms with van der Waals surface area (Å²) in [7, 11) is 1.45. The Kier molecular flexibility index (Phi) is 7.19. The number of nitrogens with one attached hydrogen (secondary N) is 3. The molecule has 3 aromatic rings. The first-order valence-electron chi connectivity index (χ1n) is 11.7. The number of anilines is 1. The van der Waals surface area contributed by atoms with E-state index < -0.39 is 12.1 Å². The molecule has 0 spiro atoms. The van der Waals surface area contributed by atoms with Crippen LogP contribution in [0.3, 0.4) is 0 Å². The van der Waals surface area contributed by atoms with E-state index in [0.717, 1.165) is 45.9 Å². The van der Waals surface area contributed by atoms with Crippen LogP contribution in [0.4, 0.5) is 10.5 Å². The molecule has 184 valence electrons. The maximum absolute atomic E-state index is 13.0. The van der Waals surface area contributed by atoms with Crippen LogP contribution >= 0.6 is 0 Å². The predicted octanol–water partition coefficient (Wildman–Crippen LogP) is 2.64. The van der Waals surface area contributed by atoms with Crippen LogP contribution in [0, 0.1) is 5.41 Å². The highest BCUT2D eigenvalue weighted by Gasteiger charge is 2.32. The topological polar surface area (TPSA) is 151 Å². The molecule has 1 aliphatic heterocycles. The number of likely N-dealkylation sites (N-methyl/N-ethyl adjacent to an activating group) is 1. The highest BCUT2D eigenvalue weighted by Crippen LogP contribution is 2.19. The van der Waals surface area contributed by atoms with Crippen LogP contribution in [0.15, 0.2) is 42.5 Å². The lowest BCUT2D eigenvalue weighted by molar-refractivity contribution is -0.134. The molecule has 1 aromatic heterocycles. The minimum atomic E-state index is -1.12. The number of carboxylic acid groups (broad SMARTS) is 1. The van der Waals surface area contributed by atoms with E-state index in [1.807, 2.05) is 30.3 Å². The first-order valence-corrected chi connectivity index (χ1v) is 11.7. The first-order chi connectivity index (χ1) is 16.8. The second-order valence-corrected chi connectivity index (χ2v) is 8.85. The van der Waals surface area contributed by atoms with Crippen LogP contribution < -0.4 is 11.1 Å². The molecule has 0 radical (unpaired) electrons. The second kappa shape index (κ2) is 10.5. The third-order valence-electron chi connectivity index (χ3n) is 6.38. The van der Waals surface area contributed by atoms with Crippen LogP contribution in [0.2, 0.25) is 0 Å². The van der Waals surface area contributed by atoms with Gasteiger partial charge >= 0.3 is 6.09 Å². The van der Waals surface area contributed by atoms with Gasteiger partial charge in [-0.2, -0.15) is 0 Å². The third-order valence-corrected chi connectivity index (χ3v) is 6.38. The Hall–Kier alpha value is -4.08. The van der Waals surface area contributed by atoms with Gasteiger partial charge in [-0.3, -0.25) is 15.1 Å². The molecule has 2 amide bonds. The molecule has 1 unspecified atom stereocenters. The molecule has 4 rings (SSSR count). The number of hydrogen-bond donors (Lipinski definition) is 5. The van der Waals surface area contributed by atoms with Crippen molar-refractivity contribution in [3.8, 4) is 0 Å². The first kappa shape index (κ1) is 24.1. The average molecular weight is 478 g/mol. The van der Waals surface area contributed by atoms with Gasteiger partial charge in [0.25, 0.3) is 0 Å². The Labute approximate surface area is 203 Å². The standard InChI is InChI=1S/C25H31N7O3/c1-31(25(34)35)21(24(33)32-12-2-3-13-32)15-16-4-9-19-20(14-16)30-22(29-19)10-11-28-18-7-5-17(6-8-18)23(26)27/h4-9,14,21,28H,2-3,10-13,15H2,1H3,(H3,26,27)(H,29,30)(H,34,35). The highest BCUT2D eigenvalue weighted by atomic mass is 16.4. The van der Waals surface area contributed by atoms with Crippen molar-refractivity contribution in [3.05, 3.63) is 59.4 Å². The number of carbonyl (C=O) groups is 2. The van der Waals surface area contributed by atoms with E-state index in [0.29, 0.717) is 38.0 Å². The molecule has 2 heterocycles. The minimum Gasteiger partial charge on any atom is -0.465 e. The molecule has 10 heteroatoms. The van der Waals surface area contributed by atoms with Gasteiger partial charge in [0, 0.05) is 50.8 Å². The summed E-state index contributed by atoms with van der Waals surface area (Å²) in [4.78, 5) is 35.5. The number of likely N-dealkylation sites (tertiary alicyclic amines) is 1. The number of nitrogen functional groups attached to an aromatic ring is 1. The number of carbonyl (C=O) groups excluding carboxylic acids is 1. The number of imidazole rings is 1. The normalized spacial score (nSPS) is 14.1. The number of nitrogens with zero attached hydrogens (tertiary/aromatic N) is 3. The van der Waals surface area contributed by atoms with Crippen molar-refractivity contribution in [1.29, 1.82) is 5.41 Å².